The second-order valence-electron chi connectivity index (χ2n) is 8.12. The molecule has 150 valence electrons. The third kappa shape index (κ3) is 3.93. The molecule has 8 heteroatoms. The van der Waals surface area contributed by atoms with Crippen LogP contribution in [0.4, 0.5) is 4.39 Å². The molecule has 0 spiro atoms. The predicted octanol–water partition coefficient (Wildman–Crippen LogP) is 1.01. The van der Waals surface area contributed by atoms with Crippen molar-refractivity contribution in [3.63, 3.8) is 0 Å². The quantitative estimate of drug-likeness (QED) is 0.803. The maximum atomic E-state index is 14.0. The lowest BCUT2D eigenvalue weighted by molar-refractivity contribution is 0.0932. The first kappa shape index (κ1) is 19.0. The molecule has 0 bridgehead atoms. The van der Waals surface area contributed by atoms with Crippen LogP contribution in [0.15, 0.2) is 24.3 Å². The molecule has 0 saturated carbocycles. The molecule has 2 aliphatic rings. The van der Waals surface area contributed by atoms with Crippen LogP contribution in [0.1, 0.15) is 22.0 Å². The Morgan fingerprint density at radius 3 is 2.79 bits per heavy atom. The largest absolute Gasteiger partial charge is 0.348 e. The van der Waals surface area contributed by atoms with Crippen molar-refractivity contribution in [3.8, 4) is 0 Å². The Bertz CT molecular complexity index is 851. The number of nitrogens with one attached hydrogen (secondary N) is 1. The number of fused-ring (bicyclic) bond motifs is 2. The summed E-state index contributed by atoms with van der Waals surface area (Å²) in [5, 5.41) is 11.3. The number of hydrogen-bond acceptors (Lipinski definition) is 5. The molecule has 3 heterocycles. The van der Waals surface area contributed by atoms with E-state index in [0.717, 1.165) is 44.0 Å². The Morgan fingerprint density at radius 1 is 1.21 bits per heavy atom. The summed E-state index contributed by atoms with van der Waals surface area (Å²) >= 11 is 0. The smallest absolute Gasteiger partial charge is 0.289 e. The second kappa shape index (κ2) is 7.97. The molecule has 1 N–H and O–H groups in total. The molecular formula is C20H27FN6O. The first-order valence-corrected chi connectivity index (χ1v) is 9.82. The topological polar surface area (TPSA) is 66.3 Å². The van der Waals surface area contributed by atoms with Gasteiger partial charge in [0.1, 0.15) is 11.6 Å². The first-order valence-electron chi connectivity index (χ1n) is 9.82. The molecular weight excluding hydrogens is 359 g/mol. The maximum Gasteiger partial charge on any atom is 0.289 e. The minimum absolute atomic E-state index is 0.147. The van der Waals surface area contributed by atoms with Gasteiger partial charge in [-0.05, 0) is 32.0 Å². The van der Waals surface area contributed by atoms with Gasteiger partial charge in [-0.3, -0.25) is 9.69 Å². The van der Waals surface area contributed by atoms with Crippen molar-refractivity contribution in [1.82, 2.24) is 29.9 Å². The van der Waals surface area contributed by atoms with Crippen molar-refractivity contribution in [2.75, 3.05) is 40.3 Å². The molecule has 28 heavy (non-hydrogen) atoms. The van der Waals surface area contributed by atoms with E-state index in [0.29, 0.717) is 30.7 Å². The van der Waals surface area contributed by atoms with Crippen LogP contribution in [0, 0.1) is 17.7 Å². The average Bonchev–Trinajstić information content (AvgIpc) is 3.23. The molecule has 1 saturated heterocycles. The number of benzene rings is 1. The van der Waals surface area contributed by atoms with Crippen LogP contribution < -0.4 is 5.32 Å². The number of likely N-dealkylation sites (N-methyl/N-ethyl adjacent to an activating group) is 1. The van der Waals surface area contributed by atoms with Gasteiger partial charge in [-0.15, -0.1) is 10.2 Å². The van der Waals surface area contributed by atoms with Gasteiger partial charge >= 0.3 is 0 Å². The number of rotatable bonds is 6. The molecule has 2 atom stereocenters. The van der Waals surface area contributed by atoms with E-state index in [2.05, 4.69) is 20.4 Å². The molecule has 0 unspecified atom stereocenters. The van der Waals surface area contributed by atoms with E-state index in [1.54, 1.807) is 6.07 Å². The number of amides is 1. The van der Waals surface area contributed by atoms with Crippen molar-refractivity contribution >= 4 is 5.91 Å². The summed E-state index contributed by atoms with van der Waals surface area (Å²) in [4.78, 5) is 16.8. The summed E-state index contributed by atoms with van der Waals surface area (Å²) in [6.07, 6.45) is 0.816. The van der Waals surface area contributed by atoms with E-state index < -0.39 is 0 Å². The highest BCUT2D eigenvalue weighted by molar-refractivity contribution is 5.90. The zero-order valence-electron chi connectivity index (χ0n) is 16.4. The Labute approximate surface area is 164 Å². The van der Waals surface area contributed by atoms with Crippen LogP contribution in [0.2, 0.25) is 0 Å². The highest BCUT2D eigenvalue weighted by Crippen LogP contribution is 2.33. The summed E-state index contributed by atoms with van der Waals surface area (Å²) in [5.74, 6) is 1.88. The highest BCUT2D eigenvalue weighted by Gasteiger charge is 2.39. The summed E-state index contributed by atoms with van der Waals surface area (Å²) in [5.41, 5.74) is 0.738. The number of aromatic nitrogens is 3. The Hall–Kier alpha value is -2.32. The highest BCUT2D eigenvalue weighted by atomic mass is 19.1. The molecule has 2 aromatic rings. The molecule has 4 rings (SSSR count). The zero-order chi connectivity index (χ0) is 19.7. The van der Waals surface area contributed by atoms with E-state index in [4.69, 9.17) is 0 Å². The Kier molecular flexibility index (Phi) is 5.41. The van der Waals surface area contributed by atoms with Gasteiger partial charge in [-0.1, -0.05) is 18.2 Å². The summed E-state index contributed by atoms with van der Waals surface area (Å²) in [6.45, 7) is 4.56. The van der Waals surface area contributed by atoms with Crippen LogP contribution in [0.25, 0.3) is 0 Å². The van der Waals surface area contributed by atoms with Gasteiger partial charge in [0.25, 0.3) is 5.91 Å². The third-order valence-electron chi connectivity index (χ3n) is 5.74. The van der Waals surface area contributed by atoms with E-state index >= 15 is 0 Å². The molecule has 1 aromatic carbocycles. The SMILES string of the molecule is CN(C)CCNC(=O)c1nnc2n1C[C@H]1CN(Cc3ccccc3F)C[C@@H]1C2. The monoisotopic (exact) mass is 386 g/mol. The average molecular weight is 386 g/mol. The molecule has 0 aliphatic carbocycles. The minimum Gasteiger partial charge on any atom is -0.348 e. The van der Waals surface area contributed by atoms with Gasteiger partial charge in [0.05, 0.1) is 0 Å². The lowest BCUT2D eigenvalue weighted by Gasteiger charge is -2.25. The fourth-order valence-electron chi connectivity index (χ4n) is 4.26. The van der Waals surface area contributed by atoms with Crippen molar-refractivity contribution in [2.24, 2.45) is 11.8 Å². The standard InChI is InChI=1S/C20H27FN6O/c1-25(2)8-7-22-20(28)19-24-23-18-9-15-11-26(12-16(15)13-27(18)19)10-14-5-3-4-6-17(14)21/h3-6,15-16H,7-13H2,1-2H3,(H,22,28)/t15-,16+/m0/s1. The van der Waals surface area contributed by atoms with Gasteiger partial charge in [0.2, 0.25) is 5.82 Å². The van der Waals surface area contributed by atoms with Crippen LogP contribution in [-0.2, 0) is 19.5 Å². The van der Waals surface area contributed by atoms with E-state index in [1.807, 2.05) is 35.7 Å². The maximum absolute atomic E-state index is 14.0. The van der Waals surface area contributed by atoms with Gasteiger partial charge in [0, 0.05) is 51.3 Å². The molecule has 7 nitrogen and oxygen atoms in total. The predicted molar refractivity (Wildman–Crippen MR) is 103 cm³/mol. The summed E-state index contributed by atoms with van der Waals surface area (Å²) < 4.78 is 15.9. The van der Waals surface area contributed by atoms with Gasteiger partial charge in [-0.2, -0.15) is 0 Å². The fraction of sp³-hybridized carbons (Fsp3) is 0.550. The molecule has 2 aliphatic heterocycles. The van der Waals surface area contributed by atoms with Gasteiger partial charge in [-0.25, -0.2) is 4.39 Å². The van der Waals surface area contributed by atoms with Crippen LogP contribution in [-0.4, -0.2) is 70.7 Å². The second-order valence-corrected chi connectivity index (χ2v) is 8.12. The van der Waals surface area contributed by atoms with Crippen molar-refractivity contribution in [2.45, 2.75) is 19.5 Å². The number of halogens is 1. The number of hydrogen-bond donors (Lipinski definition) is 1. The van der Waals surface area contributed by atoms with Gasteiger partial charge < -0.3 is 14.8 Å². The lowest BCUT2D eigenvalue weighted by Crippen LogP contribution is -2.35. The molecule has 1 amide bonds. The summed E-state index contributed by atoms with van der Waals surface area (Å²) in [6, 6.07) is 6.97. The van der Waals surface area contributed by atoms with Crippen LogP contribution in [0.5, 0.6) is 0 Å². The van der Waals surface area contributed by atoms with Crippen molar-refractivity contribution in [1.29, 1.82) is 0 Å². The van der Waals surface area contributed by atoms with E-state index in [-0.39, 0.29) is 11.7 Å². The minimum atomic E-state index is -0.166. The normalized spacial score (nSPS) is 21.6. The van der Waals surface area contributed by atoms with Gasteiger partial charge in [0.15, 0.2) is 0 Å². The number of carbonyl (C=O) groups excluding carboxylic acids is 1. The van der Waals surface area contributed by atoms with E-state index in [1.165, 1.54) is 6.07 Å². The Balaban J connectivity index is 1.40. The van der Waals surface area contributed by atoms with E-state index in [9.17, 15) is 9.18 Å². The molecule has 1 fully saturated rings. The zero-order valence-corrected chi connectivity index (χ0v) is 16.4. The van der Waals surface area contributed by atoms with Crippen LogP contribution in [0.3, 0.4) is 0 Å². The third-order valence-corrected chi connectivity index (χ3v) is 5.74. The fourth-order valence-corrected chi connectivity index (χ4v) is 4.26. The van der Waals surface area contributed by atoms with Crippen LogP contribution >= 0.6 is 0 Å². The van der Waals surface area contributed by atoms with Crippen molar-refractivity contribution < 1.29 is 9.18 Å². The number of nitrogens with zero attached hydrogens (tertiary/aromatic N) is 5. The summed E-state index contributed by atoms with van der Waals surface area (Å²) in [7, 11) is 3.94. The lowest BCUT2D eigenvalue weighted by atomic mass is 9.89. The molecule has 0 radical (unpaired) electrons. The van der Waals surface area contributed by atoms with Crippen molar-refractivity contribution in [3.05, 3.63) is 47.3 Å². The first-order chi connectivity index (χ1) is 13.5. The molecule has 1 aromatic heterocycles. The Morgan fingerprint density at radius 2 is 2.00 bits per heavy atom. The number of likely N-dealkylation sites (tertiary alicyclic amines) is 1. The number of carbonyl (C=O) groups is 1.